The number of aliphatic hydroxyl groups excluding tert-OH is 1. The molecular formula is C68H105O11P. The molecule has 0 radical (unpaired) electrons. The van der Waals surface area contributed by atoms with Gasteiger partial charge >= 0.3 is 25.7 Å². The predicted octanol–water partition coefficient (Wildman–Crippen LogP) is 18.2. The molecule has 0 aromatic rings. The van der Waals surface area contributed by atoms with Gasteiger partial charge in [-0.25, -0.2) is 4.57 Å². The Balaban J connectivity index is 4.94. The standard InChI is InChI=1S/C68H105O11P/c1-4-7-10-13-16-19-22-25-28-30-32-34-37-39-42-45-48-51-54-57-66(70)75-61-65(79-68(72)59-56-53-50-47-44-41-38-35-33-31-29-26-23-20-17-14-11-8-5-2)63-77-80(73,74)76-62-64(60-69)78-67(71)58-55-52-49-46-43-40-36-27-24-21-18-15-12-9-6-3/h7-12,16-21,25-29,32-36,39,41-42,44,48,51,64-65,69H,4-6,13-15,22-24,30-31,37-38,40,43,45-47,49-50,52-63H2,1-3H3,(H,73,74)/b10-7-,11-8-,12-9-,19-16-,20-17-,21-18-,28-25-,29-26-,34-32-,35-33-,36-27-,42-39-,44-41-,51-48-. The maximum absolute atomic E-state index is 12.9. The number of unbranched alkanes of at least 4 members (excludes halogenated alkanes) is 8. The van der Waals surface area contributed by atoms with E-state index in [9.17, 15) is 28.9 Å². The third-order valence-corrected chi connectivity index (χ3v) is 12.6. The van der Waals surface area contributed by atoms with Gasteiger partial charge in [-0.3, -0.25) is 23.4 Å². The van der Waals surface area contributed by atoms with E-state index in [1.165, 1.54) is 0 Å². The lowest BCUT2D eigenvalue weighted by atomic mass is 10.1. The molecule has 0 saturated carbocycles. The molecule has 12 heteroatoms. The van der Waals surface area contributed by atoms with Crippen molar-refractivity contribution in [3.05, 3.63) is 170 Å². The first-order valence-electron chi connectivity index (χ1n) is 30.0. The van der Waals surface area contributed by atoms with Gasteiger partial charge in [0.1, 0.15) is 12.7 Å². The van der Waals surface area contributed by atoms with Crippen LogP contribution in [-0.2, 0) is 42.2 Å². The van der Waals surface area contributed by atoms with E-state index >= 15 is 0 Å². The zero-order valence-corrected chi connectivity index (χ0v) is 50.4. The number of esters is 3. The van der Waals surface area contributed by atoms with Crippen LogP contribution in [0, 0.1) is 0 Å². The van der Waals surface area contributed by atoms with Crippen LogP contribution in [0.2, 0.25) is 0 Å². The molecule has 0 aliphatic rings. The van der Waals surface area contributed by atoms with Crippen molar-refractivity contribution in [3.8, 4) is 0 Å². The van der Waals surface area contributed by atoms with Crippen molar-refractivity contribution in [2.45, 2.75) is 213 Å². The lowest BCUT2D eigenvalue weighted by Gasteiger charge is -2.21. The van der Waals surface area contributed by atoms with Gasteiger partial charge in [-0.1, -0.05) is 217 Å². The van der Waals surface area contributed by atoms with E-state index < -0.39 is 64.4 Å². The van der Waals surface area contributed by atoms with Crippen molar-refractivity contribution < 1.29 is 52.2 Å². The number of hydrogen-bond donors (Lipinski definition) is 2. The van der Waals surface area contributed by atoms with Crippen LogP contribution in [-0.4, -0.2) is 66.5 Å². The summed E-state index contributed by atoms with van der Waals surface area (Å²) < 4.78 is 39.5. The van der Waals surface area contributed by atoms with E-state index in [4.69, 9.17) is 23.3 Å². The quantitative estimate of drug-likeness (QED) is 0.0197. The second-order valence-electron chi connectivity index (χ2n) is 19.0. The van der Waals surface area contributed by atoms with Crippen molar-refractivity contribution in [1.29, 1.82) is 0 Å². The van der Waals surface area contributed by atoms with Crippen LogP contribution in [0.25, 0.3) is 0 Å². The second-order valence-corrected chi connectivity index (χ2v) is 20.5. The minimum Gasteiger partial charge on any atom is -0.462 e. The number of ether oxygens (including phenoxy) is 3. The molecule has 3 unspecified atom stereocenters. The summed E-state index contributed by atoms with van der Waals surface area (Å²) in [5.41, 5.74) is 0. The summed E-state index contributed by atoms with van der Waals surface area (Å²) in [7, 11) is -4.80. The number of phosphoric ester groups is 1. The molecule has 80 heavy (non-hydrogen) atoms. The Morgan fingerprint density at radius 1 is 0.350 bits per heavy atom. The maximum atomic E-state index is 12.9. The number of allylic oxidation sites excluding steroid dienone is 28. The Hall–Kier alpha value is -5.16. The second kappa shape index (κ2) is 59.9. The van der Waals surface area contributed by atoms with Gasteiger partial charge in [0.05, 0.1) is 19.8 Å². The molecule has 0 fully saturated rings. The molecule has 0 amide bonds. The van der Waals surface area contributed by atoms with Gasteiger partial charge in [-0.2, -0.15) is 0 Å². The van der Waals surface area contributed by atoms with E-state index in [1.54, 1.807) is 0 Å². The molecule has 0 rings (SSSR count). The zero-order chi connectivity index (χ0) is 58.3. The largest absolute Gasteiger partial charge is 0.472 e. The molecule has 2 N–H and O–H groups in total. The van der Waals surface area contributed by atoms with Gasteiger partial charge in [0, 0.05) is 19.3 Å². The Bertz CT molecular complexity index is 1990. The Labute approximate surface area is 485 Å². The Morgan fingerprint density at radius 3 is 1.00 bits per heavy atom. The molecule has 11 nitrogen and oxygen atoms in total. The van der Waals surface area contributed by atoms with Crippen LogP contribution >= 0.6 is 7.82 Å². The average molecular weight is 1130 g/mol. The fraction of sp³-hybridized carbons (Fsp3) is 0.544. The van der Waals surface area contributed by atoms with E-state index in [0.717, 1.165) is 141 Å². The van der Waals surface area contributed by atoms with Crippen LogP contribution in [0.4, 0.5) is 0 Å². The number of carbonyl (C=O) groups is 3. The Morgan fingerprint density at radius 2 is 0.637 bits per heavy atom. The summed E-state index contributed by atoms with van der Waals surface area (Å²) in [6.45, 7) is 4.14. The first-order valence-corrected chi connectivity index (χ1v) is 31.5. The van der Waals surface area contributed by atoms with E-state index in [-0.39, 0.29) is 19.3 Å². The van der Waals surface area contributed by atoms with Crippen LogP contribution < -0.4 is 0 Å². The van der Waals surface area contributed by atoms with E-state index in [2.05, 4.69) is 179 Å². The predicted molar refractivity (Wildman–Crippen MR) is 334 cm³/mol. The van der Waals surface area contributed by atoms with Crippen LogP contribution in [0.15, 0.2) is 170 Å². The summed E-state index contributed by atoms with van der Waals surface area (Å²) in [5.74, 6) is -1.65. The minimum absolute atomic E-state index is 0.0820. The molecule has 0 bridgehead atoms. The monoisotopic (exact) mass is 1130 g/mol. The maximum Gasteiger partial charge on any atom is 0.472 e. The molecule has 0 aliphatic carbocycles. The molecule has 0 aromatic carbocycles. The highest BCUT2D eigenvalue weighted by molar-refractivity contribution is 7.47. The van der Waals surface area contributed by atoms with E-state index in [1.807, 2.05) is 12.2 Å². The number of carbonyl (C=O) groups excluding carboxylic acids is 3. The minimum atomic E-state index is -4.80. The molecule has 0 spiro atoms. The van der Waals surface area contributed by atoms with Gasteiger partial charge in [-0.05, 0) is 135 Å². The molecule has 3 atom stereocenters. The highest BCUT2D eigenvalue weighted by Crippen LogP contribution is 2.43. The molecular weight excluding hydrogens is 1020 g/mol. The van der Waals surface area contributed by atoms with Crippen molar-refractivity contribution in [3.63, 3.8) is 0 Å². The van der Waals surface area contributed by atoms with Crippen molar-refractivity contribution in [1.82, 2.24) is 0 Å². The lowest BCUT2D eigenvalue weighted by molar-refractivity contribution is -0.161. The van der Waals surface area contributed by atoms with Crippen molar-refractivity contribution >= 4 is 25.7 Å². The lowest BCUT2D eigenvalue weighted by Crippen LogP contribution is -2.30. The SMILES string of the molecule is CC/C=C\C/C=C\C/C=C\C/C=C\C/C=C\C/C=C\CCC(=O)OCC(COP(=O)(O)OCC(CO)OC(=O)CCCCCCC/C=C\C/C=C\C/C=C\CC)OC(=O)CCCCC/C=C\C/C=C\C/C=C\C/C=C\C/C=C\CC. The summed E-state index contributed by atoms with van der Waals surface area (Å²) in [4.78, 5) is 48.6. The van der Waals surface area contributed by atoms with Gasteiger partial charge in [0.2, 0.25) is 0 Å². The molecule has 0 heterocycles. The topological polar surface area (TPSA) is 155 Å². The number of aliphatic hydroxyl groups is 1. The van der Waals surface area contributed by atoms with Gasteiger partial charge in [0.15, 0.2) is 6.10 Å². The Kier molecular flexibility index (Phi) is 56.1. The third kappa shape index (κ3) is 57.5. The third-order valence-electron chi connectivity index (χ3n) is 11.6. The zero-order valence-electron chi connectivity index (χ0n) is 49.5. The fourth-order valence-corrected chi connectivity index (χ4v) is 7.97. The van der Waals surface area contributed by atoms with Crippen LogP contribution in [0.1, 0.15) is 201 Å². The number of rotatable bonds is 53. The van der Waals surface area contributed by atoms with Crippen molar-refractivity contribution in [2.24, 2.45) is 0 Å². The van der Waals surface area contributed by atoms with Gasteiger partial charge in [-0.15, -0.1) is 0 Å². The average Bonchev–Trinajstić information content (AvgIpc) is 3.45. The summed E-state index contributed by atoms with van der Waals surface area (Å²) in [5, 5.41) is 9.83. The summed E-state index contributed by atoms with van der Waals surface area (Å²) in [6.07, 6.45) is 80.4. The van der Waals surface area contributed by atoms with Gasteiger partial charge in [0.25, 0.3) is 0 Å². The molecule has 0 aromatic heterocycles. The summed E-state index contributed by atoms with van der Waals surface area (Å²) in [6, 6.07) is 0. The summed E-state index contributed by atoms with van der Waals surface area (Å²) >= 11 is 0. The van der Waals surface area contributed by atoms with Crippen molar-refractivity contribution in [2.75, 3.05) is 26.4 Å². The van der Waals surface area contributed by atoms with E-state index in [0.29, 0.717) is 19.3 Å². The highest BCUT2D eigenvalue weighted by atomic mass is 31.2. The van der Waals surface area contributed by atoms with Crippen LogP contribution in [0.3, 0.4) is 0 Å². The molecule has 0 saturated heterocycles. The molecule has 0 aliphatic heterocycles. The number of phosphoric acid groups is 1. The fourth-order valence-electron chi connectivity index (χ4n) is 7.19. The normalized spacial score (nSPS) is 14.5. The van der Waals surface area contributed by atoms with Crippen LogP contribution in [0.5, 0.6) is 0 Å². The first-order chi connectivity index (χ1) is 39.2. The first kappa shape index (κ1) is 74.8. The number of hydrogen-bond acceptors (Lipinski definition) is 10. The smallest absolute Gasteiger partial charge is 0.462 e. The molecule has 448 valence electrons. The van der Waals surface area contributed by atoms with Gasteiger partial charge < -0.3 is 24.2 Å². The highest BCUT2D eigenvalue weighted by Gasteiger charge is 2.28.